The fraction of sp³-hybridized carbons (Fsp3) is 0.538. The highest BCUT2D eigenvalue weighted by molar-refractivity contribution is 6.31. The topological polar surface area (TPSA) is 26.0 Å². The molecule has 0 unspecified atom stereocenters. The summed E-state index contributed by atoms with van der Waals surface area (Å²) in [4.78, 5) is 0. The van der Waals surface area contributed by atoms with Crippen molar-refractivity contribution in [1.29, 1.82) is 0 Å². The van der Waals surface area contributed by atoms with E-state index >= 15 is 0 Å². The van der Waals surface area contributed by atoms with Crippen LogP contribution in [0.1, 0.15) is 49.7 Å². The van der Waals surface area contributed by atoms with Crippen LogP contribution in [0.4, 0.5) is 8.78 Å². The lowest BCUT2D eigenvalue weighted by atomic mass is 9.77. The van der Waals surface area contributed by atoms with Crippen LogP contribution in [0.5, 0.6) is 0 Å². The van der Waals surface area contributed by atoms with Crippen LogP contribution in [0, 0.1) is 0 Å². The number of halogens is 3. The number of nitrogens with two attached hydrogens (primary N) is 1. The second-order valence-electron chi connectivity index (χ2n) is 4.76. The molecule has 94 valence electrons. The molecule has 1 aliphatic carbocycles. The van der Waals surface area contributed by atoms with Gasteiger partial charge in [-0.15, -0.1) is 0 Å². The number of hydrogen-bond donors (Lipinski definition) is 1. The van der Waals surface area contributed by atoms with Crippen molar-refractivity contribution in [3.8, 4) is 0 Å². The van der Waals surface area contributed by atoms with Crippen LogP contribution in [0.15, 0.2) is 18.2 Å². The summed E-state index contributed by atoms with van der Waals surface area (Å²) in [5.74, 6) is 0. The fourth-order valence-electron chi connectivity index (χ4n) is 2.51. The van der Waals surface area contributed by atoms with Crippen molar-refractivity contribution in [3.63, 3.8) is 0 Å². The SMILES string of the molecule is NC1(c2cc(C(F)F)ccc2Cl)CCCCC1. The summed E-state index contributed by atoms with van der Waals surface area (Å²) in [5.41, 5.74) is 6.47. The Hall–Kier alpha value is -0.670. The van der Waals surface area contributed by atoms with Gasteiger partial charge in [-0.25, -0.2) is 8.78 Å². The number of hydrogen-bond acceptors (Lipinski definition) is 1. The van der Waals surface area contributed by atoms with Gasteiger partial charge in [0.25, 0.3) is 6.43 Å². The summed E-state index contributed by atoms with van der Waals surface area (Å²) in [7, 11) is 0. The molecule has 17 heavy (non-hydrogen) atoms. The first-order valence-corrected chi connectivity index (χ1v) is 6.28. The van der Waals surface area contributed by atoms with Gasteiger partial charge in [0.1, 0.15) is 0 Å². The van der Waals surface area contributed by atoms with E-state index < -0.39 is 12.0 Å². The monoisotopic (exact) mass is 259 g/mol. The van der Waals surface area contributed by atoms with Crippen molar-refractivity contribution in [3.05, 3.63) is 34.3 Å². The van der Waals surface area contributed by atoms with Gasteiger partial charge in [-0.1, -0.05) is 36.9 Å². The van der Waals surface area contributed by atoms with E-state index in [1.807, 2.05) is 0 Å². The predicted octanol–water partition coefficient (Wildman–Crippen LogP) is 4.40. The minimum absolute atomic E-state index is 0.000187. The Morgan fingerprint density at radius 1 is 1.18 bits per heavy atom. The lowest BCUT2D eigenvalue weighted by Crippen LogP contribution is -2.39. The molecule has 1 aromatic rings. The van der Waals surface area contributed by atoms with Gasteiger partial charge in [0, 0.05) is 16.1 Å². The van der Waals surface area contributed by atoms with Crippen molar-refractivity contribution < 1.29 is 8.78 Å². The van der Waals surface area contributed by atoms with E-state index in [1.165, 1.54) is 18.2 Å². The number of benzene rings is 1. The Morgan fingerprint density at radius 2 is 1.82 bits per heavy atom. The van der Waals surface area contributed by atoms with Crippen LogP contribution in [0.25, 0.3) is 0 Å². The quantitative estimate of drug-likeness (QED) is 0.837. The standard InChI is InChI=1S/C13H16ClF2N/c14-11-5-4-9(12(15)16)8-10(11)13(17)6-2-1-3-7-13/h4-5,8,12H,1-3,6-7,17H2. The zero-order valence-electron chi connectivity index (χ0n) is 9.56. The highest BCUT2D eigenvalue weighted by atomic mass is 35.5. The molecule has 1 saturated carbocycles. The Labute approximate surface area is 105 Å². The van der Waals surface area contributed by atoms with E-state index in [0.29, 0.717) is 10.6 Å². The zero-order chi connectivity index (χ0) is 12.5. The van der Waals surface area contributed by atoms with E-state index in [0.717, 1.165) is 32.1 Å². The van der Waals surface area contributed by atoms with E-state index in [-0.39, 0.29) is 5.56 Å². The zero-order valence-corrected chi connectivity index (χ0v) is 10.3. The summed E-state index contributed by atoms with van der Waals surface area (Å²) in [6.07, 6.45) is 2.39. The van der Waals surface area contributed by atoms with E-state index in [4.69, 9.17) is 17.3 Å². The Balaban J connectivity index is 2.38. The molecule has 4 heteroatoms. The molecular weight excluding hydrogens is 244 g/mol. The highest BCUT2D eigenvalue weighted by Crippen LogP contribution is 2.39. The molecule has 1 aromatic carbocycles. The van der Waals surface area contributed by atoms with Crippen LogP contribution in [0.2, 0.25) is 5.02 Å². The molecule has 0 aromatic heterocycles. The van der Waals surface area contributed by atoms with Gasteiger partial charge in [-0.05, 0) is 30.5 Å². The Kier molecular flexibility index (Phi) is 3.69. The third kappa shape index (κ3) is 2.61. The van der Waals surface area contributed by atoms with Gasteiger partial charge in [0.05, 0.1) is 0 Å². The molecule has 1 nitrogen and oxygen atoms in total. The summed E-state index contributed by atoms with van der Waals surface area (Å²) in [6.45, 7) is 0. The molecule has 0 amide bonds. The fourth-order valence-corrected chi connectivity index (χ4v) is 2.82. The summed E-state index contributed by atoms with van der Waals surface area (Å²) in [5, 5.41) is 0.499. The Bertz CT molecular complexity index is 400. The lowest BCUT2D eigenvalue weighted by Gasteiger charge is -2.34. The van der Waals surface area contributed by atoms with Gasteiger partial charge >= 0.3 is 0 Å². The number of rotatable bonds is 2. The second-order valence-corrected chi connectivity index (χ2v) is 5.16. The van der Waals surface area contributed by atoms with Gasteiger partial charge in [-0.2, -0.15) is 0 Å². The van der Waals surface area contributed by atoms with Crippen LogP contribution >= 0.6 is 11.6 Å². The molecule has 1 aliphatic rings. The minimum Gasteiger partial charge on any atom is -0.321 e. The molecule has 0 atom stereocenters. The van der Waals surface area contributed by atoms with Gasteiger partial charge in [-0.3, -0.25) is 0 Å². The largest absolute Gasteiger partial charge is 0.321 e. The third-order valence-corrected chi connectivity index (χ3v) is 3.85. The van der Waals surface area contributed by atoms with E-state index in [2.05, 4.69) is 0 Å². The van der Waals surface area contributed by atoms with Crippen LogP contribution in [0.3, 0.4) is 0 Å². The molecular formula is C13H16ClF2N. The van der Waals surface area contributed by atoms with E-state index in [1.54, 1.807) is 0 Å². The maximum atomic E-state index is 12.7. The van der Waals surface area contributed by atoms with Crippen molar-refractivity contribution in [2.45, 2.75) is 44.1 Å². The summed E-state index contributed by atoms with van der Waals surface area (Å²) < 4.78 is 25.4. The maximum absolute atomic E-state index is 12.7. The predicted molar refractivity (Wildman–Crippen MR) is 65.4 cm³/mol. The van der Waals surface area contributed by atoms with E-state index in [9.17, 15) is 8.78 Å². The molecule has 2 N–H and O–H groups in total. The normalized spacial score (nSPS) is 19.6. The molecule has 0 radical (unpaired) electrons. The first-order valence-electron chi connectivity index (χ1n) is 5.90. The van der Waals surface area contributed by atoms with Crippen LogP contribution in [-0.2, 0) is 5.54 Å². The average Bonchev–Trinajstić information content (AvgIpc) is 2.30. The Morgan fingerprint density at radius 3 is 2.41 bits per heavy atom. The molecule has 0 spiro atoms. The molecule has 2 rings (SSSR count). The maximum Gasteiger partial charge on any atom is 0.263 e. The van der Waals surface area contributed by atoms with Crippen molar-refractivity contribution >= 4 is 11.6 Å². The minimum atomic E-state index is -2.47. The number of alkyl halides is 2. The first kappa shape index (κ1) is 12.8. The molecule has 0 heterocycles. The van der Waals surface area contributed by atoms with Gasteiger partial charge in [0.15, 0.2) is 0 Å². The first-order chi connectivity index (χ1) is 8.03. The molecule has 0 bridgehead atoms. The second kappa shape index (κ2) is 4.91. The average molecular weight is 260 g/mol. The molecule has 0 saturated heterocycles. The third-order valence-electron chi connectivity index (χ3n) is 3.52. The lowest BCUT2D eigenvalue weighted by molar-refractivity contribution is 0.151. The van der Waals surface area contributed by atoms with Gasteiger partial charge in [0.2, 0.25) is 0 Å². The molecule has 0 aliphatic heterocycles. The van der Waals surface area contributed by atoms with Crippen LogP contribution in [-0.4, -0.2) is 0 Å². The molecule has 1 fully saturated rings. The summed E-state index contributed by atoms with van der Waals surface area (Å²) >= 11 is 6.10. The summed E-state index contributed by atoms with van der Waals surface area (Å²) in [6, 6.07) is 4.36. The van der Waals surface area contributed by atoms with Crippen molar-refractivity contribution in [1.82, 2.24) is 0 Å². The highest BCUT2D eigenvalue weighted by Gasteiger charge is 2.31. The smallest absolute Gasteiger partial charge is 0.263 e. The van der Waals surface area contributed by atoms with Crippen molar-refractivity contribution in [2.75, 3.05) is 0 Å². The van der Waals surface area contributed by atoms with Gasteiger partial charge < -0.3 is 5.73 Å². The van der Waals surface area contributed by atoms with Crippen LogP contribution < -0.4 is 5.73 Å². The van der Waals surface area contributed by atoms with Crippen molar-refractivity contribution in [2.24, 2.45) is 5.73 Å².